The summed E-state index contributed by atoms with van der Waals surface area (Å²) in [6.45, 7) is 1.96. The summed E-state index contributed by atoms with van der Waals surface area (Å²) in [5.41, 5.74) is 3.80. The number of anilines is 1. The molecule has 0 saturated carbocycles. The number of benzene rings is 5. The van der Waals surface area contributed by atoms with Crippen LogP contribution in [0.4, 0.5) is 28.4 Å². The highest BCUT2D eigenvalue weighted by Gasteiger charge is 2.14. The first-order chi connectivity index (χ1) is 20.2. The highest BCUT2D eigenvalue weighted by atomic mass is 32.2. The lowest BCUT2D eigenvalue weighted by atomic mass is 10.0. The maximum absolute atomic E-state index is 12.6. The van der Waals surface area contributed by atoms with E-state index in [9.17, 15) is 18.3 Å². The third-order valence-corrected chi connectivity index (χ3v) is 7.24. The van der Waals surface area contributed by atoms with Crippen molar-refractivity contribution in [3.63, 3.8) is 0 Å². The third-order valence-electron chi connectivity index (χ3n) is 6.37. The van der Waals surface area contributed by atoms with Gasteiger partial charge in [0.15, 0.2) is 5.75 Å². The van der Waals surface area contributed by atoms with Crippen LogP contribution in [0, 0.1) is 0 Å². The summed E-state index contributed by atoms with van der Waals surface area (Å²) in [7, 11) is -4.27. The fraction of sp³-hybridized carbons (Fsp3) is 0.0645. The fourth-order valence-electron chi connectivity index (χ4n) is 4.18. The van der Waals surface area contributed by atoms with E-state index in [2.05, 4.69) is 25.8 Å². The van der Waals surface area contributed by atoms with Crippen LogP contribution in [0.3, 0.4) is 0 Å². The Morgan fingerprint density at radius 3 is 1.90 bits per heavy atom. The number of phenolic OH excluding ortho intramolecular Hbond substituents is 1. The Morgan fingerprint density at radius 2 is 1.33 bits per heavy atom. The first-order valence-corrected chi connectivity index (χ1v) is 14.3. The SMILES string of the molecule is CCc1cc2cc(NC(=O)c3ccccc3)ccc2c(O)c1N=Nc1ccc(N=Nc2ccc(S(=O)(=O)O)cc2)cc1. The first kappa shape index (κ1) is 28.3. The largest absolute Gasteiger partial charge is 0.505 e. The van der Waals surface area contributed by atoms with Crippen molar-refractivity contribution in [3.05, 3.63) is 114 Å². The molecule has 0 unspecified atom stereocenters. The summed E-state index contributed by atoms with van der Waals surface area (Å²) in [4.78, 5) is 12.3. The minimum absolute atomic E-state index is 0.000488. The molecule has 0 aromatic heterocycles. The van der Waals surface area contributed by atoms with Gasteiger partial charge in [0.05, 0.1) is 22.0 Å². The normalized spacial score (nSPS) is 11.9. The molecule has 210 valence electrons. The van der Waals surface area contributed by atoms with Crippen LogP contribution in [0.15, 0.2) is 128 Å². The molecule has 0 atom stereocenters. The molecule has 0 spiro atoms. The summed E-state index contributed by atoms with van der Waals surface area (Å²) in [6.07, 6.45) is 0.600. The van der Waals surface area contributed by atoms with Gasteiger partial charge in [-0.1, -0.05) is 25.1 Å². The smallest absolute Gasteiger partial charge is 0.294 e. The van der Waals surface area contributed by atoms with Crippen molar-refractivity contribution in [2.45, 2.75) is 18.2 Å². The summed E-state index contributed by atoms with van der Waals surface area (Å²) in [5.74, 6) is -0.221. The average Bonchev–Trinajstić information content (AvgIpc) is 3.00. The topological polar surface area (TPSA) is 153 Å². The number of carbonyl (C=O) groups excluding carboxylic acids is 1. The number of fused-ring (bicyclic) bond motifs is 1. The molecule has 1 amide bonds. The second kappa shape index (κ2) is 12.1. The van der Waals surface area contributed by atoms with E-state index in [0.717, 1.165) is 10.9 Å². The predicted molar refractivity (Wildman–Crippen MR) is 160 cm³/mol. The number of nitrogens with zero attached hydrogens (tertiary/aromatic N) is 4. The van der Waals surface area contributed by atoms with E-state index in [1.54, 1.807) is 60.7 Å². The zero-order valence-corrected chi connectivity index (χ0v) is 23.2. The summed E-state index contributed by atoms with van der Waals surface area (Å²) in [5, 5.41) is 32.1. The zero-order valence-electron chi connectivity index (χ0n) is 22.3. The molecule has 0 heterocycles. The monoisotopic (exact) mass is 579 g/mol. The Balaban J connectivity index is 1.32. The van der Waals surface area contributed by atoms with E-state index in [1.807, 2.05) is 25.1 Å². The molecule has 0 bridgehead atoms. The molecule has 0 fully saturated rings. The number of rotatable bonds is 8. The van der Waals surface area contributed by atoms with Gasteiger partial charge in [0.25, 0.3) is 16.0 Å². The van der Waals surface area contributed by atoms with Gasteiger partial charge in [-0.2, -0.15) is 23.8 Å². The minimum atomic E-state index is -4.27. The van der Waals surface area contributed by atoms with Crippen LogP contribution < -0.4 is 5.32 Å². The van der Waals surface area contributed by atoms with E-state index < -0.39 is 10.1 Å². The predicted octanol–water partition coefficient (Wildman–Crippen LogP) is 8.44. The van der Waals surface area contributed by atoms with Gasteiger partial charge < -0.3 is 10.4 Å². The van der Waals surface area contributed by atoms with Gasteiger partial charge in [-0.15, -0.1) is 5.11 Å². The van der Waals surface area contributed by atoms with Crippen molar-refractivity contribution >= 4 is 55.2 Å². The molecule has 0 saturated heterocycles. The van der Waals surface area contributed by atoms with E-state index in [-0.39, 0.29) is 16.6 Å². The summed E-state index contributed by atoms with van der Waals surface area (Å²) in [6, 6.07) is 28.2. The van der Waals surface area contributed by atoms with Crippen LogP contribution in [-0.4, -0.2) is 24.0 Å². The van der Waals surface area contributed by atoms with Gasteiger partial charge in [-0.05, 0) is 102 Å². The molecule has 5 aromatic rings. The molecule has 0 aliphatic rings. The highest BCUT2D eigenvalue weighted by Crippen LogP contribution is 2.40. The molecule has 42 heavy (non-hydrogen) atoms. The van der Waals surface area contributed by atoms with Crippen molar-refractivity contribution in [1.29, 1.82) is 0 Å². The Morgan fingerprint density at radius 1 is 0.762 bits per heavy atom. The number of hydrogen-bond donors (Lipinski definition) is 3. The summed E-state index contributed by atoms with van der Waals surface area (Å²) < 4.78 is 31.4. The third kappa shape index (κ3) is 6.54. The maximum atomic E-state index is 12.6. The quantitative estimate of drug-likeness (QED) is 0.124. The van der Waals surface area contributed by atoms with E-state index in [1.165, 1.54) is 24.3 Å². The van der Waals surface area contributed by atoms with Gasteiger partial charge in [0.1, 0.15) is 5.69 Å². The number of carbonyl (C=O) groups is 1. The van der Waals surface area contributed by atoms with Crippen LogP contribution in [0.1, 0.15) is 22.8 Å². The van der Waals surface area contributed by atoms with Gasteiger partial charge in [-0.25, -0.2) is 0 Å². The lowest BCUT2D eigenvalue weighted by molar-refractivity contribution is 0.102. The highest BCUT2D eigenvalue weighted by molar-refractivity contribution is 7.85. The number of hydrogen-bond acceptors (Lipinski definition) is 8. The molecular weight excluding hydrogens is 554 g/mol. The molecule has 10 nitrogen and oxygen atoms in total. The van der Waals surface area contributed by atoms with Crippen LogP contribution in [0.2, 0.25) is 0 Å². The Hall–Kier alpha value is -5.26. The van der Waals surface area contributed by atoms with E-state index in [4.69, 9.17) is 4.55 Å². The second-order valence-electron chi connectivity index (χ2n) is 9.23. The van der Waals surface area contributed by atoms with Gasteiger partial charge in [0.2, 0.25) is 0 Å². The molecule has 11 heteroatoms. The Bertz CT molecular complexity index is 1920. The first-order valence-electron chi connectivity index (χ1n) is 12.9. The van der Waals surface area contributed by atoms with Gasteiger partial charge in [-0.3, -0.25) is 9.35 Å². The number of azo groups is 2. The maximum Gasteiger partial charge on any atom is 0.294 e. The van der Waals surface area contributed by atoms with Crippen molar-refractivity contribution in [2.75, 3.05) is 5.32 Å². The lowest BCUT2D eigenvalue weighted by Crippen LogP contribution is -2.11. The number of aryl methyl sites for hydroxylation is 1. The molecule has 5 rings (SSSR count). The number of amides is 1. The van der Waals surface area contributed by atoms with Gasteiger partial charge >= 0.3 is 0 Å². The van der Waals surface area contributed by atoms with E-state index in [0.29, 0.717) is 45.8 Å². The molecular formula is C31H25N5O5S. The second-order valence-corrected chi connectivity index (χ2v) is 10.6. The molecule has 0 radical (unpaired) electrons. The van der Waals surface area contributed by atoms with Crippen LogP contribution in [0.5, 0.6) is 5.75 Å². The number of nitrogens with one attached hydrogen (secondary N) is 1. The zero-order chi connectivity index (χ0) is 29.7. The van der Waals surface area contributed by atoms with E-state index >= 15 is 0 Å². The Labute approximate surface area is 241 Å². The summed E-state index contributed by atoms with van der Waals surface area (Å²) >= 11 is 0. The molecule has 5 aromatic carbocycles. The number of aromatic hydroxyl groups is 1. The van der Waals surface area contributed by atoms with Crippen molar-refractivity contribution in [3.8, 4) is 5.75 Å². The fourth-order valence-corrected chi connectivity index (χ4v) is 4.66. The minimum Gasteiger partial charge on any atom is -0.505 e. The van der Waals surface area contributed by atoms with Crippen molar-refractivity contribution in [1.82, 2.24) is 0 Å². The van der Waals surface area contributed by atoms with Crippen LogP contribution in [0.25, 0.3) is 10.8 Å². The lowest BCUT2D eigenvalue weighted by Gasteiger charge is -2.11. The molecule has 0 aliphatic carbocycles. The van der Waals surface area contributed by atoms with Crippen LogP contribution in [-0.2, 0) is 16.5 Å². The number of phenols is 1. The Kier molecular flexibility index (Phi) is 8.14. The molecule has 0 aliphatic heterocycles. The van der Waals surface area contributed by atoms with Gasteiger partial charge in [0, 0.05) is 16.6 Å². The molecule has 3 N–H and O–H groups in total. The standard InChI is InChI=1S/C31H25N5O5S/c1-2-20-18-22-19-26(32-31(38)21-6-4-3-5-7-21)14-17-28(22)30(37)29(20)36-35-24-10-8-23(9-11-24)33-34-25-12-15-27(16-13-25)42(39,40)41/h3-19,37H,2H2,1H3,(H,32,38)(H,39,40,41). The van der Waals surface area contributed by atoms with Crippen LogP contribution >= 0.6 is 0 Å². The van der Waals surface area contributed by atoms with Crippen molar-refractivity contribution < 1.29 is 22.9 Å². The van der Waals surface area contributed by atoms with Crippen molar-refractivity contribution in [2.24, 2.45) is 20.5 Å². The average molecular weight is 580 g/mol.